The van der Waals surface area contributed by atoms with Crippen molar-refractivity contribution < 1.29 is 5.11 Å². The van der Waals surface area contributed by atoms with E-state index in [2.05, 4.69) is 23.7 Å². The molecule has 3 rings (SSSR count). The van der Waals surface area contributed by atoms with Gasteiger partial charge in [-0.2, -0.15) is 0 Å². The first-order chi connectivity index (χ1) is 11.0. The number of anilines is 1. The Bertz CT molecular complexity index is 678. The molecule has 2 heterocycles. The highest BCUT2D eigenvalue weighted by molar-refractivity contribution is 5.75. The van der Waals surface area contributed by atoms with Crippen LogP contribution in [0.3, 0.4) is 0 Å². The van der Waals surface area contributed by atoms with Crippen LogP contribution in [0.2, 0.25) is 0 Å². The molecule has 0 radical (unpaired) electrons. The van der Waals surface area contributed by atoms with E-state index in [0.717, 1.165) is 48.7 Å². The van der Waals surface area contributed by atoms with Gasteiger partial charge < -0.3 is 15.7 Å². The lowest BCUT2D eigenvalue weighted by Crippen LogP contribution is -2.40. The molecule has 0 aliphatic carbocycles. The fourth-order valence-electron chi connectivity index (χ4n) is 2.90. The van der Waals surface area contributed by atoms with Crippen LogP contribution < -0.4 is 10.6 Å². The fourth-order valence-corrected chi connectivity index (χ4v) is 2.90. The maximum atomic E-state index is 9.82. The first-order valence-electron chi connectivity index (χ1n) is 8.21. The number of hydrogen-bond donors (Lipinski definition) is 2. The van der Waals surface area contributed by atoms with E-state index in [4.69, 9.17) is 10.7 Å². The Balaban J connectivity index is 2.04. The van der Waals surface area contributed by atoms with Gasteiger partial charge in [0, 0.05) is 30.6 Å². The second kappa shape index (κ2) is 6.54. The van der Waals surface area contributed by atoms with E-state index < -0.39 is 0 Å². The molecule has 1 aromatic heterocycles. The molecule has 2 aromatic rings. The molecule has 1 aromatic carbocycles. The molecule has 122 valence electrons. The first kappa shape index (κ1) is 15.7. The number of phenolic OH excluding ortho intramolecular Hbond substituents is 1. The Morgan fingerprint density at radius 2 is 2.00 bits per heavy atom. The van der Waals surface area contributed by atoms with Crippen molar-refractivity contribution in [2.45, 2.75) is 38.6 Å². The van der Waals surface area contributed by atoms with Crippen LogP contribution in [0.4, 0.5) is 5.69 Å². The number of hydrogen-bond acceptors (Lipinski definition) is 5. The van der Waals surface area contributed by atoms with Crippen molar-refractivity contribution >= 4 is 5.69 Å². The largest absolute Gasteiger partial charge is 0.508 e. The lowest BCUT2D eigenvalue weighted by atomic mass is 10.0. The van der Waals surface area contributed by atoms with Crippen molar-refractivity contribution in [1.29, 1.82) is 0 Å². The molecular formula is C18H24N4O. The number of aromatic nitrogens is 2. The molecule has 0 amide bonds. The summed E-state index contributed by atoms with van der Waals surface area (Å²) in [6.07, 6.45) is 3.87. The Labute approximate surface area is 137 Å². The third kappa shape index (κ3) is 3.45. The number of aromatic hydroxyl groups is 1. The molecule has 1 aliphatic heterocycles. The zero-order valence-corrected chi connectivity index (χ0v) is 13.7. The Hall–Kier alpha value is -2.14. The minimum absolute atomic E-state index is 0.249. The fraction of sp³-hybridized carbons (Fsp3) is 0.444. The summed E-state index contributed by atoms with van der Waals surface area (Å²) in [6.45, 7) is 6.00. The lowest BCUT2D eigenvalue weighted by molar-refractivity contribution is 0.475. The van der Waals surface area contributed by atoms with E-state index in [9.17, 15) is 5.11 Å². The molecule has 0 atom stereocenters. The highest BCUT2D eigenvalue weighted by Gasteiger charge is 2.21. The maximum absolute atomic E-state index is 9.82. The third-order valence-electron chi connectivity index (χ3n) is 4.30. The summed E-state index contributed by atoms with van der Waals surface area (Å²) >= 11 is 0. The van der Waals surface area contributed by atoms with Gasteiger partial charge in [-0.05, 0) is 25.0 Å². The molecule has 1 fully saturated rings. The average molecular weight is 312 g/mol. The predicted octanol–water partition coefficient (Wildman–Crippen LogP) is 2.90. The highest BCUT2D eigenvalue weighted by atomic mass is 16.3. The summed E-state index contributed by atoms with van der Waals surface area (Å²) in [6, 6.07) is 7.54. The van der Waals surface area contributed by atoms with E-state index >= 15 is 0 Å². The SMILES string of the molecule is CC(C)c1ncc(N2CCC(N)CC2)c(-c2cccc(O)c2)n1. The van der Waals surface area contributed by atoms with Crippen molar-refractivity contribution in [1.82, 2.24) is 9.97 Å². The lowest BCUT2D eigenvalue weighted by Gasteiger charge is -2.33. The molecule has 0 unspecified atom stereocenters. The summed E-state index contributed by atoms with van der Waals surface area (Å²) in [7, 11) is 0. The standard InChI is InChI=1S/C18H24N4O/c1-12(2)18-20-11-16(22-8-6-14(19)7-9-22)17(21-18)13-4-3-5-15(23)10-13/h3-5,10-12,14,23H,6-9,19H2,1-2H3. The van der Waals surface area contributed by atoms with Gasteiger partial charge in [-0.3, -0.25) is 0 Å². The Kier molecular flexibility index (Phi) is 4.48. The number of nitrogens with zero attached hydrogens (tertiary/aromatic N) is 3. The van der Waals surface area contributed by atoms with Gasteiger partial charge in [0.2, 0.25) is 0 Å². The van der Waals surface area contributed by atoms with Crippen LogP contribution in [-0.4, -0.2) is 34.2 Å². The van der Waals surface area contributed by atoms with E-state index in [-0.39, 0.29) is 17.7 Å². The van der Waals surface area contributed by atoms with Gasteiger partial charge in [-0.1, -0.05) is 26.0 Å². The van der Waals surface area contributed by atoms with E-state index in [1.165, 1.54) is 0 Å². The molecule has 0 spiro atoms. The van der Waals surface area contributed by atoms with Gasteiger partial charge in [0.15, 0.2) is 0 Å². The topological polar surface area (TPSA) is 75.3 Å². The summed E-state index contributed by atoms with van der Waals surface area (Å²) in [5, 5.41) is 9.82. The van der Waals surface area contributed by atoms with Gasteiger partial charge in [-0.25, -0.2) is 9.97 Å². The normalized spacial score (nSPS) is 16.1. The molecular weight excluding hydrogens is 288 g/mol. The average Bonchev–Trinajstić information content (AvgIpc) is 2.55. The Morgan fingerprint density at radius 1 is 1.26 bits per heavy atom. The van der Waals surface area contributed by atoms with Crippen LogP contribution in [0.25, 0.3) is 11.3 Å². The van der Waals surface area contributed by atoms with Crippen LogP contribution >= 0.6 is 0 Å². The molecule has 23 heavy (non-hydrogen) atoms. The second-order valence-corrected chi connectivity index (χ2v) is 6.49. The molecule has 0 bridgehead atoms. The van der Waals surface area contributed by atoms with Gasteiger partial charge in [0.05, 0.1) is 17.6 Å². The van der Waals surface area contributed by atoms with Crippen molar-refractivity contribution in [3.63, 3.8) is 0 Å². The minimum Gasteiger partial charge on any atom is -0.508 e. The van der Waals surface area contributed by atoms with Crippen LogP contribution in [0.15, 0.2) is 30.5 Å². The summed E-state index contributed by atoms with van der Waals surface area (Å²) in [5.41, 5.74) is 8.84. The van der Waals surface area contributed by atoms with Crippen molar-refractivity contribution in [2.75, 3.05) is 18.0 Å². The van der Waals surface area contributed by atoms with Crippen LogP contribution in [0, 0.1) is 0 Å². The minimum atomic E-state index is 0.249. The zero-order valence-electron chi connectivity index (χ0n) is 13.7. The van der Waals surface area contributed by atoms with Crippen molar-refractivity contribution in [3.05, 3.63) is 36.3 Å². The van der Waals surface area contributed by atoms with Gasteiger partial charge in [-0.15, -0.1) is 0 Å². The summed E-state index contributed by atoms with van der Waals surface area (Å²) in [5.74, 6) is 1.33. The van der Waals surface area contributed by atoms with Crippen molar-refractivity contribution in [2.24, 2.45) is 5.73 Å². The molecule has 5 heteroatoms. The predicted molar refractivity (Wildman–Crippen MR) is 92.6 cm³/mol. The molecule has 1 aliphatic rings. The number of piperidine rings is 1. The highest BCUT2D eigenvalue weighted by Crippen LogP contribution is 2.32. The maximum Gasteiger partial charge on any atom is 0.131 e. The molecule has 1 saturated heterocycles. The van der Waals surface area contributed by atoms with Gasteiger partial charge in [0.25, 0.3) is 0 Å². The first-order valence-corrected chi connectivity index (χ1v) is 8.21. The molecule has 0 saturated carbocycles. The van der Waals surface area contributed by atoms with Crippen LogP contribution in [-0.2, 0) is 0 Å². The Morgan fingerprint density at radius 3 is 2.65 bits per heavy atom. The van der Waals surface area contributed by atoms with Crippen molar-refractivity contribution in [3.8, 4) is 17.0 Å². The third-order valence-corrected chi connectivity index (χ3v) is 4.30. The smallest absolute Gasteiger partial charge is 0.131 e. The molecule has 3 N–H and O–H groups in total. The summed E-state index contributed by atoms with van der Waals surface area (Å²) in [4.78, 5) is 11.6. The van der Waals surface area contributed by atoms with Gasteiger partial charge in [0.1, 0.15) is 11.6 Å². The zero-order chi connectivity index (χ0) is 16.4. The quantitative estimate of drug-likeness (QED) is 0.911. The van der Waals surface area contributed by atoms with E-state index in [1.807, 2.05) is 18.3 Å². The monoisotopic (exact) mass is 312 g/mol. The van der Waals surface area contributed by atoms with E-state index in [0.29, 0.717) is 0 Å². The number of rotatable bonds is 3. The van der Waals surface area contributed by atoms with Crippen LogP contribution in [0.1, 0.15) is 38.4 Å². The van der Waals surface area contributed by atoms with Crippen LogP contribution in [0.5, 0.6) is 5.75 Å². The number of nitrogens with two attached hydrogens (primary N) is 1. The summed E-state index contributed by atoms with van der Waals surface area (Å²) < 4.78 is 0. The number of phenols is 1. The second-order valence-electron chi connectivity index (χ2n) is 6.49. The van der Waals surface area contributed by atoms with Gasteiger partial charge >= 0.3 is 0 Å². The van der Waals surface area contributed by atoms with E-state index in [1.54, 1.807) is 12.1 Å². The number of benzene rings is 1. The molecule has 5 nitrogen and oxygen atoms in total.